The Hall–Kier alpha value is -1.42. The minimum absolute atomic E-state index is 0.0664. The van der Waals surface area contributed by atoms with Gasteiger partial charge >= 0.3 is 0 Å². The summed E-state index contributed by atoms with van der Waals surface area (Å²) >= 11 is 0. The second-order valence-electron chi connectivity index (χ2n) is 5.40. The van der Waals surface area contributed by atoms with Crippen molar-refractivity contribution in [3.8, 4) is 0 Å². The predicted octanol–water partition coefficient (Wildman–Crippen LogP) is 1.49. The zero-order valence-corrected chi connectivity index (χ0v) is 11.1. The summed E-state index contributed by atoms with van der Waals surface area (Å²) in [4.78, 5) is 15.3. The Bertz CT molecular complexity index is 438. The van der Waals surface area contributed by atoms with Gasteiger partial charge in [-0.1, -0.05) is 0 Å². The molecule has 1 aliphatic rings. The zero-order chi connectivity index (χ0) is 13.2. The molecule has 1 aromatic rings. The molecule has 0 saturated heterocycles. The average molecular weight is 247 g/mol. The molecule has 18 heavy (non-hydrogen) atoms. The number of nitrogens with zero attached hydrogens (tertiary/aromatic N) is 1. The molecule has 3 N–H and O–H groups in total. The number of aromatic nitrogens is 1. The minimum Gasteiger partial charge on any atom is -0.370 e. The van der Waals surface area contributed by atoms with Crippen LogP contribution in [0.5, 0.6) is 0 Å². The van der Waals surface area contributed by atoms with Gasteiger partial charge in [0.2, 0.25) is 5.91 Å². The summed E-state index contributed by atoms with van der Waals surface area (Å²) in [5, 5.41) is 3.58. The Morgan fingerprint density at radius 3 is 2.83 bits per heavy atom. The number of rotatable bonds is 6. The number of primary amides is 1. The maximum Gasteiger partial charge on any atom is 0.217 e. The van der Waals surface area contributed by atoms with E-state index in [0.29, 0.717) is 18.9 Å². The van der Waals surface area contributed by atoms with Crippen LogP contribution in [0.2, 0.25) is 0 Å². The molecule has 1 heterocycles. The second-order valence-corrected chi connectivity index (χ2v) is 5.40. The first-order valence-corrected chi connectivity index (χ1v) is 6.53. The first-order valence-electron chi connectivity index (χ1n) is 6.53. The summed E-state index contributed by atoms with van der Waals surface area (Å²) in [5.41, 5.74) is 7.47. The van der Waals surface area contributed by atoms with E-state index in [9.17, 15) is 4.79 Å². The Balaban J connectivity index is 2.10. The van der Waals surface area contributed by atoms with Crippen molar-refractivity contribution in [1.82, 2.24) is 10.3 Å². The van der Waals surface area contributed by atoms with Crippen LogP contribution in [-0.4, -0.2) is 16.9 Å². The highest BCUT2D eigenvalue weighted by Crippen LogP contribution is 2.45. The van der Waals surface area contributed by atoms with Crippen molar-refractivity contribution in [2.75, 3.05) is 0 Å². The summed E-state index contributed by atoms with van der Waals surface area (Å²) in [6.45, 7) is 4.30. The second kappa shape index (κ2) is 5.06. The van der Waals surface area contributed by atoms with Crippen LogP contribution in [0.3, 0.4) is 0 Å². The predicted molar refractivity (Wildman–Crippen MR) is 70.9 cm³/mol. The van der Waals surface area contributed by atoms with Crippen LogP contribution < -0.4 is 11.1 Å². The van der Waals surface area contributed by atoms with Crippen molar-refractivity contribution in [2.24, 2.45) is 5.73 Å². The van der Waals surface area contributed by atoms with E-state index in [1.54, 1.807) is 0 Å². The summed E-state index contributed by atoms with van der Waals surface area (Å²) in [6, 6.07) is 4.51. The van der Waals surface area contributed by atoms with Crippen LogP contribution in [0.1, 0.15) is 44.4 Å². The number of hydrogen-bond donors (Lipinski definition) is 2. The lowest BCUT2D eigenvalue weighted by Crippen LogP contribution is -2.35. The Morgan fingerprint density at radius 2 is 2.28 bits per heavy atom. The van der Waals surface area contributed by atoms with Crippen molar-refractivity contribution in [3.63, 3.8) is 0 Å². The largest absolute Gasteiger partial charge is 0.370 e. The number of pyridine rings is 1. The molecule has 1 aromatic heterocycles. The number of nitrogens with one attached hydrogen (secondary N) is 1. The standard InChI is InChI=1S/C14H21N3O/c1-10(2)17-14(6-7-14)12-9-11(5-8-16-12)3-4-13(15)18/h5,8-10,17H,3-4,6-7H2,1-2H3,(H2,15,18). The van der Waals surface area contributed by atoms with Gasteiger partial charge in [-0.15, -0.1) is 0 Å². The first kappa shape index (κ1) is 13.0. The summed E-state index contributed by atoms with van der Waals surface area (Å²) in [6.07, 6.45) is 5.19. The Kier molecular flexibility index (Phi) is 3.66. The van der Waals surface area contributed by atoms with Gasteiger partial charge in [0, 0.05) is 18.7 Å². The van der Waals surface area contributed by atoms with Gasteiger partial charge in [0.25, 0.3) is 0 Å². The number of aryl methyl sites for hydroxylation is 1. The molecule has 0 aliphatic heterocycles. The van der Waals surface area contributed by atoms with Crippen molar-refractivity contribution in [3.05, 3.63) is 29.6 Å². The maximum absolute atomic E-state index is 10.8. The van der Waals surface area contributed by atoms with Crippen molar-refractivity contribution in [1.29, 1.82) is 0 Å². The van der Waals surface area contributed by atoms with Gasteiger partial charge in [-0.2, -0.15) is 0 Å². The van der Waals surface area contributed by atoms with Crippen LogP contribution in [0.25, 0.3) is 0 Å². The van der Waals surface area contributed by atoms with Gasteiger partial charge in [-0.3, -0.25) is 9.78 Å². The first-order chi connectivity index (χ1) is 8.52. The van der Waals surface area contributed by atoms with Crippen molar-refractivity contribution < 1.29 is 4.79 Å². The molecule has 2 rings (SSSR count). The highest BCUT2D eigenvalue weighted by Gasteiger charge is 2.45. The quantitative estimate of drug-likeness (QED) is 0.800. The highest BCUT2D eigenvalue weighted by molar-refractivity contribution is 5.74. The number of nitrogens with two attached hydrogens (primary N) is 1. The topological polar surface area (TPSA) is 68.0 Å². The summed E-state index contributed by atoms with van der Waals surface area (Å²) < 4.78 is 0. The van der Waals surface area contributed by atoms with E-state index in [0.717, 1.165) is 24.1 Å². The lowest BCUT2D eigenvalue weighted by Gasteiger charge is -2.20. The molecule has 1 saturated carbocycles. The number of carbonyl (C=O) groups excluding carboxylic acids is 1. The van der Waals surface area contributed by atoms with E-state index in [2.05, 4.69) is 30.2 Å². The lowest BCUT2D eigenvalue weighted by atomic mass is 10.0. The van der Waals surface area contributed by atoms with E-state index in [-0.39, 0.29) is 11.4 Å². The van der Waals surface area contributed by atoms with Gasteiger partial charge in [-0.05, 0) is 50.8 Å². The van der Waals surface area contributed by atoms with Crippen LogP contribution in [0.15, 0.2) is 18.3 Å². The third kappa shape index (κ3) is 3.07. The smallest absolute Gasteiger partial charge is 0.217 e. The fourth-order valence-electron chi connectivity index (χ4n) is 2.31. The molecule has 0 unspecified atom stereocenters. The average Bonchev–Trinajstić information content (AvgIpc) is 3.07. The molecule has 1 aliphatic carbocycles. The molecule has 0 spiro atoms. The maximum atomic E-state index is 10.8. The van der Waals surface area contributed by atoms with Gasteiger partial charge in [0.05, 0.1) is 11.2 Å². The lowest BCUT2D eigenvalue weighted by molar-refractivity contribution is -0.117. The molecule has 4 heteroatoms. The summed E-state index contributed by atoms with van der Waals surface area (Å²) in [7, 11) is 0. The monoisotopic (exact) mass is 247 g/mol. The molecule has 0 atom stereocenters. The number of hydrogen-bond acceptors (Lipinski definition) is 3. The number of carbonyl (C=O) groups is 1. The van der Waals surface area contributed by atoms with Crippen molar-refractivity contribution >= 4 is 5.91 Å². The molecule has 0 radical (unpaired) electrons. The van der Waals surface area contributed by atoms with E-state index >= 15 is 0 Å². The zero-order valence-electron chi connectivity index (χ0n) is 11.1. The highest BCUT2D eigenvalue weighted by atomic mass is 16.1. The van der Waals surface area contributed by atoms with Crippen molar-refractivity contribution in [2.45, 2.75) is 51.1 Å². The Labute approximate surface area is 108 Å². The third-order valence-electron chi connectivity index (χ3n) is 3.29. The molecular formula is C14H21N3O. The fraction of sp³-hybridized carbons (Fsp3) is 0.571. The number of amides is 1. The molecule has 0 aromatic carbocycles. The molecule has 1 fully saturated rings. The SMILES string of the molecule is CC(C)NC1(c2cc(CCC(N)=O)ccn2)CC1. The van der Waals surface area contributed by atoms with Gasteiger partial charge < -0.3 is 11.1 Å². The normalized spacial score (nSPS) is 16.8. The van der Waals surface area contributed by atoms with E-state index in [1.807, 2.05) is 12.3 Å². The van der Waals surface area contributed by atoms with E-state index in [1.165, 1.54) is 0 Å². The van der Waals surface area contributed by atoms with Crippen LogP contribution in [0, 0.1) is 0 Å². The van der Waals surface area contributed by atoms with Crippen LogP contribution in [-0.2, 0) is 16.8 Å². The van der Waals surface area contributed by atoms with Crippen LogP contribution in [0.4, 0.5) is 0 Å². The third-order valence-corrected chi connectivity index (χ3v) is 3.29. The molecule has 1 amide bonds. The molecule has 98 valence electrons. The van der Waals surface area contributed by atoms with E-state index < -0.39 is 0 Å². The molecule has 4 nitrogen and oxygen atoms in total. The van der Waals surface area contributed by atoms with Gasteiger partial charge in [-0.25, -0.2) is 0 Å². The molecular weight excluding hydrogens is 226 g/mol. The Morgan fingerprint density at radius 1 is 1.56 bits per heavy atom. The van der Waals surface area contributed by atoms with E-state index in [4.69, 9.17) is 5.73 Å². The van der Waals surface area contributed by atoms with Gasteiger partial charge in [0.1, 0.15) is 0 Å². The fourth-order valence-corrected chi connectivity index (χ4v) is 2.31. The van der Waals surface area contributed by atoms with Gasteiger partial charge in [0.15, 0.2) is 0 Å². The molecule has 0 bridgehead atoms. The minimum atomic E-state index is -0.255. The summed E-state index contributed by atoms with van der Waals surface area (Å²) in [5.74, 6) is -0.255. The van der Waals surface area contributed by atoms with Crippen LogP contribution >= 0.6 is 0 Å².